The Bertz CT molecular complexity index is 720. The molecule has 7 heteroatoms. The summed E-state index contributed by atoms with van der Waals surface area (Å²) in [5, 5.41) is 9.22. The quantitative estimate of drug-likeness (QED) is 0.390. The maximum Gasteiger partial charge on any atom is 0.416 e. The maximum atomic E-state index is 13.0. The minimum absolute atomic E-state index is 0.00490. The van der Waals surface area contributed by atoms with Gasteiger partial charge in [-0.3, -0.25) is 9.59 Å². The van der Waals surface area contributed by atoms with E-state index in [1.807, 2.05) is 13.8 Å². The summed E-state index contributed by atoms with van der Waals surface area (Å²) in [5.41, 5.74) is -0.837. The molecular formula is C18H18F3NO2S. The lowest BCUT2D eigenvalue weighted by molar-refractivity contribution is -0.137. The lowest BCUT2D eigenvalue weighted by atomic mass is 9.92. The van der Waals surface area contributed by atoms with Crippen molar-refractivity contribution in [2.24, 2.45) is 11.8 Å². The van der Waals surface area contributed by atoms with E-state index in [0.717, 1.165) is 30.0 Å². The van der Waals surface area contributed by atoms with E-state index in [2.05, 4.69) is 0 Å². The number of thioether (sulfide) groups is 1. The van der Waals surface area contributed by atoms with E-state index in [1.54, 1.807) is 6.07 Å². The number of nitrogens with zero attached hydrogens (tertiary/aromatic N) is 1. The van der Waals surface area contributed by atoms with E-state index in [1.165, 1.54) is 0 Å². The van der Waals surface area contributed by atoms with Crippen molar-refractivity contribution in [1.29, 1.82) is 5.26 Å². The summed E-state index contributed by atoms with van der Waals surface area (Å²) in [7, 11) is 0. The van der Waals surface area contributed by atoms with E-state index >= 15 is 0 Å². The summed E-state index contributed by atoms with van der Waals surface area (Å²) in [6, 6.07) is 4.57. The molecule has 0 aromatic heterocycles. The van der Waals surface area contributed by atoms with Gasteiger partial charge in [-0.25, -0.2) is 0 Å². The number of benzene rings is 1. The van der Waals surface area contributed by atoms with Gasteiger partial charge < -0.3 is 0 Å². The number of halogens is 3. The molecule has 1 aliphatic rings. The molecule has 2 unspecified atom stereocenters. The van der Waals surface area contributed by atoms with Crippen LogP contribution in [0.1, 0.15) is 49.0 Å². The van der Waals surface area contributed by atoms with Crippen LogP contribution < -0.4 is 0 Å². The molecule has 1 aromatic carbocycles. The van der Waals surface area contributed by atoms with Crippen LogP contribution in [0.25, 0.3) is 0 Å². The van der Waals surface area contributed by atoms with Crippen LogP contribution in [0.2, 0.25) is 0 Å². The Balaban J connectivity index is 2.42. The predicted octanol–water partition coefficient (Wildman–Crippen LogP) is 4.90. The Morgan fingerprint density at radius 2 is 2.00 bits per heavy atom. The highest BCUT2D eigenvalue weighted by atomic mass is 32.2. The number of ketones is 2. The Labute approximate surface area is 148 Å². The van der Waals surface area contributed by atoms with E-state index < -0.39 is 29.2 Å². The van der Waals surface area contributed by atoms with Gasteiger partial charge in [-0.15, -0.1) is 11.8 Å². The topological polar surface area (TPSA) is 57.9 Å². The molecule has 25 heavy (non-hydrogen) atoms. The van der Waals surface area contributed by atoms with Crippen LogP contribution in [0.5, 0.6) is 0 Å². The van der Waals surface area contributed by atoms with Crippen molar-refractivity contribution >= 4 is 23.3 Å². The second-order valence-corrected chi connectivity index (χ2v) is 7.63. The number of carbonyl (C=O) groups is 2. The van der Waals surface area contributed by atoms with E-state index in [-0.39, 0.29) is 21.6 Å². The molecule has 0 heterocycles. The van der Waals surface area contributed by atoms with Gasteiger partial charge in [0.15, 0.2) is 17.5 Å². The molecule has 1 fully saturated rings. The monoisotopic (exact) mass is 369 g/mol. The molecule has 1 aromatic rings. The molecule has 1 saturated carbocycles. The maximum absolute atomic E-state index is 13.0. The zero-order chi connectivity index (χ0) is 18.8. The molecule has 0 spiro atoms. The second-order valence-electron chi connectivity index (χ2n) is 6.15. The minimum atomic E-state index is -4.52. The zero-order valence-electron chi connectivity index (χ0n) is 13.9. The summed E-state index contributed by atoms with van der Waals surface area (Å²) in [6.07, 6.45) is -2.50. The number of nitriles is 1. The van der Waals surface area contributed by atoms with Crippen molar-refractivity contribution in [3.05, 3.63) is 29.3 Å². The van der Waals surface area contributed by atoms with Gasteiger partial charge >= 0.3 is 6.18 Å². The number of hydrogen-bond acceptors (Lipinski definition) is 4. The van der Waals surface area contributed by atoms with Crippen LogP contribution >= 0.6 is 11.8 Å². The number of Topliss-reactive ketones (excluding diaryl/α,β-unsaturated/α-hetero) is 2. The molecule has 2 rings (SSSR count). The van der Waals surface area contributed by atoms with Gasteiger partial charge in [0.05, 0.1) is 11.6 Å². The normalized spacial score (nSPS) is 16.8. The molecule has 134 valence electrons. The first-order valence-electron chi connectivity index (χ1n) is 8.04. The Morgan fingerprint density at radius 1 is 1.36 bits per heavy atom. The fraction of sp³-hybridized carbons (Fsp3) is 0.500. The highest BCUT2D eigenvalue weighted by Crippen LogP contribution is 2.38. The molecule has 2 atom stereocenters. The number of carbonyl (C=O) groups excluding carboxylic acids is 2. The van der Waals surface area contributed by atoms with Gasteiger partial charge in [-0.1, -0.05) is 13.8 Å². The van der Waals surface area contributed by atoms with Crippen LogP contribution in [0.4, 0.5) is 13.2 Å². The van der Waals surface area contributed by atoms with Crippen molar-refractivity contribution in [3.8, 4) is 6.07 Å². The molecule has 0 saturated heterocycles. The summed E-state index contributed by atoms with van der Waals surface area (Å²) in [4.78, 5) is 25.0. The lowest BCUT2D eigenvalue weighted by Crippen LogP contribution is -2.25. The van der Waals surface area contributed by atoms with Crippen molar-refractivity contribution in [2.75, 3.05) is 0 Å². The zero-order valence-corrected chi connectivity index (χ0v) is 14.7. The predicted molar refractivity (Wildman–Crippen MR) is 88.2 cm³/mol. The first-order chi connectivity index (χ1) is 11.7. The largest absolute Gasteiger partial charge is 0.416 e. The first kappa shape index (κ1) is 19.5. The Hall–Kier alpha value is -1.81. The average Bonchev–Trinajstić information content (AvgIpc) is 3.39. The van der Waals surface area contributed by atoms with E-state index in [0.29, 0.717) is 19.3 Å². The van der Waals surface area contributed by atoms with Crippen molar-refractivity contribution in [1.82, 2.24) is 0 Å². The minimum Gasteiger partial charge on any atom is -0.297 e. The molecule has 0 radical (unpaired) electrons. The standard InChI is InChI=1S/C18H18F3NO2S/c1-3-10(2)25-15-8-12(18(19,20)21)6-7-13(15)17(24)14(9-22)16(23)11-4-5-11/h6-8,10-11,14H,3-5H2,1-2H3. The van der Waals surface area contributed by atoms with Crippen LogP contribution in [-0.2, 0) is 11.0 Å². The van der Waals surface area contributed by atoms with Gasteiger partial charge in [0.2, 0.25) is 0 Å². The third-order valence-electron chi connectivity index (χ3n) is 4.13. The number of alkyl halides is 3. The van der Waals surface area contributed by atoms with E-state index in [4.69, 9.17) is 0 Å². The SMILES string of the molecule is CCC(C)Sc1cc(C(F)(F)F)ccc1C(=O)C(C#N)C(=O)C1CC1. The molecule has 1 aliphatic carbocycles. The molecule has 3 nitrogen and oxygen atoms in total. The molecule has 0 aliphatic heterocycles. The van der Waals surface area contributed by atoms with Gasteiger partial charge in [-0.05, 0) is 37.5 Å². The van der Waals surface area contributed by atoms with Crippen molar-refractivity contribution in [2.45, 2.75) is 49.4 Å². The average molecular weight is 369 g/mol. The van der Waals surface area contributed by atoms with Crippen LogP contribution in [-0.4, -0.2) is 16.8 Å². The Kier molecular flexibility index (Phi) is 5.94. The fourth-order valence-corrected chi connectivity index (χ4v) is 3.40. The fourth-order valence-electron chi connectivity index (χ4n) is 2.31. The third-order valence-corrected chi connectivity index (χ3v) is 5.46. The first-order valence-corrected chi connectivity index (χ1v) is 8.92. The van der Waals surface area contributed by atoms with Gasteiger partial charge in [-0.2, -0.15) is 18.4 Å². The summed E-state index contributed by atoms with van der Waals surface area (Å²) < 4.78 is 39.0. The summed E-state index contributed by atoms with van der Waals surface area (Å²) in [5.74, 6) is -2.85. The van der Waals surface area contributed by atoms with Crippen LogP contribution in [0, 0.1) is 23.2 Å². The van der Waals surface area contributed by atoms with Crippen LogP contribution in [0.15, 0.2) is 23.1 Å². The van der Waals surface area contributed by atoms with Gasteiger partial charge in [0.1, 0.15) is 0 Å². The van der Waals surface area contributed by atoms with Crippen molar-refractivity contribution in [3.63, 3.8) is 0 Å². The van der Waals surface area contributed by atoms with Gasteiger partial charge in [0, 0.05) is 21.6 Å². The van der Waals surface area contributed by atoms with Gasteiger partial charge in [0.25, 0.3) is 0 Å². The van der Waals surface area contributed by atoms with E-state index in [9.17, 15) is 28.0 Å². The van der Waals surface area contributed by atoms with Crippen LogP contribution in [0.3, 0.4) is 0 Å². The molecule has 0 bridgehead atoms. The highest BCUT2D eigenvalue weighted by molar-refractivity contribution is 8.00. The number of hydrogen-bond donors (Lipinski definition) is 0. The lowest BCUT2D eigenvalue weighted by Gasteiger charge is -2.16. The van der Waals surface area contributed by atoms with Crippen molar-refractivity contribution < 1.29 is 22.8 Å². The Morgan fingerprint density at radius 3 is 2.48 bits per heavy atom. The summed E-state index contributed by atoms with van der Waals surface area (Å²) in [6.45, 7) is 3.73. The smallest absolute Gasteiger partial charge is 0.297 e. The molecule has 0 N–H and O–H groups in total. The summed E-state index contributed by atoms with van der Waals surface area (Å²) >= 11 is 1.15. The second kappa shape index (κ2) is 7.61. The molecular weight excluding hydrogens is 351 g/mol. The highest BCUT2D eigenvalue weighted by Gasteiger charge is 2.40. The number of rotatable bonds is 7. The molecule has 0 amide bonds. The third kappa shape index (κ3) is 4.63.